The number of nitrogens with zero attached hydrogens (tertiary/aromatic N) is 2. The van der Waals surface area contributed by atoms with Crippen molar-refractivity contribution in [1.29, 1.82) is 10.7 Å². The minimum Gasteiger partial charge on any atom is -0.384 e. The Morgan fingerprint density at radius 1 is 1.29 bits per heavy atom. The van der Waals surface area contributed by atoms with E-state index in [1.54, 1.807) is 0 Å². The van der Waals surface area contributed by atoms with Gasteiger partial charge in [0.25, 0.3) is 5.91 Å². The second-order valence-corrected chi connectivity index (χ2v) is 8.58. The number of piperidine rings is 1. The van der Waals surface area contributed by atoms with Gasteiger partial charge in [-0.05, 0) is 38.2 Å². The lowest BCUT2D eigenvalue weighted by molar-refractivity contribution is -0.120. The Morgan fingerprint density at radius 3 is 2.48 bits per heavy atom. The molecule has 0 bridgehead atoms. The van der Waals surface area contributed by atoms with E-state index in [0.29, 0.717) is 0 Å². The molecule has 1 aliphatic heterocycles. The molecule has 31 heavy (non-hydrogen) atoms. The number of hydrogen-bond donors (Lipinski definition) is 4. The molecule has 2 amide bonds. The summed E-state index contributed by atoms with van der Waals surface area (Å²) in [7, 11) is 0. The zero-order chi connectivity index (χ0) is 22.4. The number of hydrogen-bond acceptors (Lipinski definition) is 6. The Bertz CT molecular complexity index is 903. The van der Waals surface area contributed by atoms with Gasteiger partial charge in [0, 0.05) is 31.8 Å². The molecule has 5 N–H and O–H groups in total. The van der Waals surface area contributed by atoms with E-state index < -0.39 is 11.4 Å². The number of rotatable bonds is 8. The molecule has 2 fully saturated rings. The molecule has 1 heterocycles. The van der Waals surface area contributed by atoms with Gasteiger partial charge < -0.3 is 16.4 Å². The summed E-state index contributed by atoms with van der Waals surface area (Å²) in [5, 5.41) is 23.1. The zero-order valence-electron chi connectivity index (χ0n) is 17.9. The van der Waals surface area contributed by atoms with Crippen LogP contribution in [-0.4, -0.2) is 41.2 Å². The zero-order valence-corrected chi connectivity index (χ0v) is 17.9. The lowest BCUT2D eigenvalue weighted by Crippen LogP contribution is -2.51. The van der Waals surface area contributed by atoms with Gasteiger partial charge in [0.1, 0.15) is 5.84 Å². The van der Waals surface area contributed by atoms with Crippen LogP contribution >= 0.6 is 0 Å². The summed E-state index contributed by atoms with van der Waals surface area (Å²) in [6.45, 7) is 4.52. The molecule has 3 rings (SSSR count). The fourth-order valence-corrected chi connectivity index (χ4v) is 3.74. The fourth-order valence-electron chi connectivity index (χ4n) is 3.74. The normalized spacial score (nSPS) is 18.6. The Balaban J connectivity index is 1.62. The SMILES string of the molecule is Cc1ccc(CN2CCC(CC#N)(N/C=C(\C(=N)NC(=O)C3CC3)C(N)=O)CC2)cc1. The molecule has 8 heteroatoms. The summed E-state index contributed by atoms with van der Waals surface area (Å²) in [6.07, 6.45) is 4.71. The van der Waals surface area contributed by atoms with Gasteiger partial charge in [0.05, 0.1) is 23.6 Å². The van der Waals surface area contributed by atoms with Gasteiger partial charge in [-0.1, -0.05) is 29.8 Å². The van der Waals surface area contributed by atoms with E-state index in [0.717, 1.165) is 45.3 Å². The molecule has 2 aliphatic rings. The van der Waals surface area contributed by atoms with Crippen LogP contribution in [0.5, 0.6) is 0 Å². The maximum Gasteiger partial charge on any atom is 0.253 e. The summed E-state index contributed by atoms with van der Waals surface area (Å²) >= 11 is 0. The van der Waals surface area contributed by atoms with Crippen LogP contribution in [0.4, 0.5) is 0 Å². The van der Waals surface area contributed by atoms with Crippen molar-refractivity contribution >= 4 is 17.6 Å². The first-order valence-corrected chi connectivity index (χ1v) is 10.6. The van der Waals surface area contributed by atoms with E-state index in [2.05, 4.69) is 52.8 Å². The van der Waals surface area contributed by atoms with Crippen molar-refractivity contribution in [2.75, 3.05) is 13.1 Å². The Hall–Kier alpha value is -3.18. The number of benzene rings is 1. The molecule has 1 saturated carbocycles. The molecular weight excluding hydrogens is 392 g/mol. The second kappa shape index (κ2) is 9.75. The summed E-state index contributed by atoms with van der Waals surface area (Å²) in [5.74, 6) is -1.43. The van der Waals surface area contributed by atoms with E-state index in [-0.39, 0.29) is 29.7 Å². The average molecular weight is 423 g/mol. The first kappa shape index (κ1) is 22.5. The summed E-state index contributed by atoms with van der Waals surface area (Å²) in [4.78, 5) is 26.1. The fraction of sp³-hybridized carbons (Fsp3) is 0.478. The first-order chi connectivity index (χ1) is 14.8. The highest BCUT2D eigenvalue weighted by Crippen LogP contribution is 2.29. The molecule has 1 aromatic carbocycles. The minimum absolute atomic E-state index is 0.0785. The number of nitriles is 1. The van der Waals surface area contributed by atoms with Crippen LogP contribution in [0, 0.1) is 29.6 Å². The van der Waals surface area contributed by atoms with E-state index in [4.69, 9.17) is 11.1 Å². The van der Waals surface area contributed by atoms with Crippen LogP contribution in [0.3, 0.4) is 0 Å². The molecular formula is C23H30N6O2. The van der Waals surface area contributed by atoms with E-state index in [9.17, 15) is 14.9 Å². The molecule has 8 nitrogen and oxygen atoms in total. The number of carbonyl (C=O) groups is 2. The summed E-state index contributed by atoms with van der Waals surface area (Å²) < 4.78 is 0. The first-order valence-electron chi connectivity index (χ1n) is 10.6. The highest BCUT2D eigenvalue weighted by Gasteiger charge is 2.34. The highest BCUT2D eigenvalue weighted by molar-refractivity contribution is 6.22. The predicted octanol–water partition coefficient (Wildman–Crippen LogP) is 1.71. The number of aryl methyl sites for hydroxylation is 1. The monoisotopic (exact) mass is 422 g/mol. The van der Waals surface area contributed by atoms with Crippen molar-refractivity contribution in [2.45, 2.75) is 51.1 Å². The van der Waals surface area contributed by atoms with Crippen molar-refractivity contribution in [3.8, 4) is 6.07 Å². The number of nitrogens with one attached hydrogen (secondary N) is 3. The standard InChI is InChI=1S/C23H30N6O2/c1-16-2-4-17(5-3-16)15-29-12-9-23(8-11-24,10-13-29)27-14-19(21(26)30)20(25)28-22(31)18-6-7-18/h2-5,14,18,27H,6-10,12-13,15H2,1H3,(H2,26,30)(H2,25,28,31)/b19-14+. The third kappa shape index (κ3) is 6.15. The number of likely N-dealkylation sites (tertiary alicyclic amines) is 1. The van der Waals surface area contributed by atoms with Crippen LogP contribution in [-0.2, 0) is 16.1 Å². The van der Waals surface area contributed by atoms with Gasteiger partial charge in [-0.2, -0.15) is 5.26 Å². The molecule has 1 aromatic rings. The summed E-state index contributed by atoms with van der Waals surface area (Å²) in [5.41, 5.74) is 7.34. The third-order valence-electron chi connectivity index (χ3n) is 6.01. The van der Waals surface area contributed by atoms with E-state index in [1.807, 2.05) is 0 Å². The summed E-state index contributed by atoms with van der Waals surface area (Å²) in [6, 6.07) is 10.7. The lowest BCUT2D eigenvalue weighted by Gasteiger charge is -2.41. The topological polar surface area (TPSA) is 135 Å². The third-order valence-corrected chi connectivity index (χ3v) is 6.01. The lowest BCUT2D eigenvalue weighted by atomic mass is 9.84. The van der Waals surface area contributed by atoms with Crippen LogP contribution in [0.25, 0.3) is 0 Å². The highest BCUT2D eigenvalue weighted by atomic mass is 16.2. The number of amidine groups is 1. The average Bonchev–Trinajstić information content (AvgIpc) is 3.57. The number of carbonyl (C=O) groups excluding carboxylic acids is 2. The smallest absolute Gasteiger partial charge is 0.253 e. The van der Waals surface area contributed by atoms with Crippen molar-refractivity contribution in [3.63, 3.8) is 0 Å². The Morgan fingerprint density at radius 2 is 1.94 bits per heavy atom. The largest absolute Gasteiger partial charge is 0.384 e. The minimum atomic E-state index is -0.794. The maximum absolute atomic E-state index is 11.9. The van der Waals surface area contributed by atoms with E-state index >= 15 is 0 Å². The molecule has 0 unspecified atom stereocenters. The quantitative estimate of drug-likeness (QED) is 0.287. The Kier molecular flexibility index (Phi) is 7.08. The van der Waals surface area contributed by atoms with Gasteiger partial charge in [-0.15, -0.1) is 0 Å². The van der Waals surface area contributed by atoms with Crippen LogP contribution in [0.2, 0.25) is 0 Å². The molecule has 0 atom stereocenters. The van der Waals surface area contributed by atoms with Gasteiger partial charge in [-0.25, -0.2) is 0 Å². The molecule has 0 radical (unpaired) electrons. The number of primary amides is 1. The molecule has 0 aromatic heterocycles. The second-order valence-electron chi connectivity index (χ2n) is 8.58. The maximum atomic E-state index is 11.9. The van der Waals surface area contributed by atoms with Gasteiger partial charge >= 0.3 is 0 Å². The van der Waals surface area contributed by atoms with Crippen molar-refractivity contribution in [1.82, 2.24) is 15.5 Å². The van der Waals surface area contributed by atoms with Crippen LogP contribution < -0.4 is 16.4 Å². The predicted molar refractivity (Wildman–Crippen MR) is 118 cm³/mol. The molecule has 1 saturated heterocycles. The number of nitrogens with two attached hydrogens (primary N) is 1. The van der Waals surface area contributed by atoms with Gasteiger partial charge in [0.2, 0.25) is 5.91 Å². The van der Waals surface area contributed by atoms with Crippen molar-refractivity contribution in [3.05, 3.63) is 47.2 Å². The molecule has 0 spiro atoms. The van der Waals surface area contributed by atoms with Crippen molar-refractivity contribution < 1.29 is 9.59 Å². The number of amides is 2. The Labute approximate surface area is 183 Å². The van der Waals surface area contributed by atoms with E-state index in [1.165, 1.54) is 17.3 Å². The van der Waals surface area contributed by atoms with Gasteiger partial charge in [-0.3, -0.25) is 19.9 Å². The molecule has 1 aliphatic carbocycles. The van der Waals surface area contributed by atoms with Crippen LogP contribution in [0.15, 0.2) is 36.0 Å². The van der Waals surface area contributed by atoms with Crippen LogP contribution in [0.1, 0.15) is 43.2 Å². The molecule has 164 valence electrons. The van der Waals surface area contributed by atoms with Gasteiger partial charge in [0.15, 0.2) is 0 Å². The van der Waals surface area contributed by atoms with Crippen molar-refractivity contribution in [2.24, 2.45) is 11.7 Å².